The summed E-state index contributed by atoms with van der Waals surface area (Å²) in [7, 11) is 0. The van der Waals surface area contributed by atoms with E-state index in [1.54, 1.807) is 24.3 Å². The van der Waals surface area contributed by atoms with Gasteiger partial charge < -0.3 is 16.0 Å². The number of carbonyl (C=O) groups is 2. The molecular weight excluding hydrogens is 278 g/mol. The standard InChI is InChI=1S/C17H15N3O2/c18-17(22)13-6-2-4-8-15(13)20-16(21)9-11-10-19-14-7-3-1-5-12(11)14/h1-8,10,19H,9H2,(H2,18,22)(H,20,21). The van der Waals surface area contributed by atoms with Crippen LogP contribution in [0.25, 0.3) is 10.9 Å². The van der Waals surface area contributed by atoms with Crippen LogP contribution in [0, 0.1) is 0 Å². The van der Waals surface area contributed by atoms with Gasteiger partial charge in [-0.15, -0.1) is 0 Å². The van der Waals surface area contributed by atoms with Gasteiger partial charge in [-0.05, 0) is 23.8 Å². The molecule has 0 radical (unpaired) electrons. The number of amides is 2. The number of para-hydroxylation sites is 2. The van der Waals surface area contributed by atoms with Crippen molar-refractivity contribution >= 4 is 28.4 Å². The fraction of sp³-hybridized carbons (Fsp3) is 0.0588. The summed E-state index contributed by atoms with van der Waals surface area (Å²) in [6, 6.07) is 14.5. The summed E-state index contributed by atoms with van der Waals surface area (Å²) in [5, 5.41) is 3.76. The third-order valence-electron chi connectivity index (χ3n) is 3.49. The quantitative estimate of drug-likeness (QED) is 0.690. The fourth-order valence-electron chi connectivity index (χ4n) is 2.45. The third-order valence-corrected chi connectivity index (χ3v) is 3.49. The van der Waals surface area contributed by atoms with Gasteiger partial charge in [0.1, 0.15) is 0 Å². The van der Waals surface area contributed by atoms with Crippen LogP contribution in [0.5, 0.6) is 0 Å². The lowest BCUT2D eigenvalue weighted by Crippen LogP contribution is -2.19. The van der Waals surface area contributed by atoms with E-state index in [2.05, 4.69) is 10.3 Å². The first kappa shape index (κ1) is 13.9. The molecule has 1 heterocycles. The Morgan fingerprint density at radius 2 is 1.77 bits per heavy atom. The monoisotopic (exact) mass is 293 g/mol. The summed E-state index contributed by atoms with van der Waals surface area (Å²) < 4.78 is 0. The Morgan fingerprint density at radius 3 is 2.59 bits per heavy atom. The lowest BCUT2D eigenvalue weighted by atomic mass is 10.1. The van der Waals surface area contributed by atoms with Crippen molar-refractivity contribution in [1.29, 1.82) is 0 Å². The summed E-state index contributed by atoms with van der Waals surface area (Å²) >= 11 is 0. The Kier molecular flexibility index (Phi) is 3.62. The number of fused-ring (bicyclic) bond motifs is 1. The van der Waals surface area contributed by atoms with Gasteiger partial charge in [0.15, 0.2) is 0 Å². The average molecular weight is 293 g/mol. The van der Waals surface area contributed by atoms with Crippen LogP contribution in [0.15, 0.2) is 54.7 Å². The van der Waals surface area contributed by atoms with Crippen LogP contribution in [-0.4, -0.2) is 16.8 Å². The van der Waals surface area contributed by atoms with Crippen LogP contribution in [-0.2, 0) is 11.2 Å². The number of benzene rings is 2. The molecule has 0 bridgehead atoms. The van der Waals surface area contributed by atoms with Gasteiger partial charge in [-0.2, -0.15) is 0 Å². The summed E-state index contributed by atoms with van der Waals surface area (Å²) in [6.07, 6.45) is 2.04. The van der Waals surface area contributed by atoms with Crippen LogP contribution in [0.2, 0.25) is 0 Å². The van der Waals surface area contributed by atoms with E-state index in [4.69, 9.17) is 5.73 Å². The molecule has 0 saturated carbocycles. The molecule has 22 heavy (non-hydrogen) atoms. The van der Waals surface area contributed by atoms with Crippen LogP contribution in [0.4, 0.5) is 5.69 Å². The molecule has 0 aliphatic carbocycles. The highest BCUT2D eigenvalue weighted by molar-refractivity contribution is 6.04. The molecule has 0 spiro atoms. The van der Waals surface area contributed by atoms with Gasteiger partial charge in [0.25, 0.3) is 5.91 Å². The van der Waals surface area contributed by atoms with Crippen molar-refractivity contribution in [3.05, 3.63) is 65.9 Å². The summed E-state index contributed by atoms with van der Waals surface area (Å²) in [4.78, 5) is 26.7. The van der Waals surface area contributed by atoms with E-state index in [1.807, 2.05) is 30.5 Å². The highest BCUT2D eigenvalue weighted by Gasteiger charge is 2.12. The fourth-order valence-corrected chi connectivity index (χ4v) is 2.45. The normalized spacial score (nSPS) is 10.5. The van der Waals surface area contributed by atoms with Crippen molar-refractivity contribution < 1.29 is 9.59 Å². The molecular formula is C17H15N3O2. The molecule has 0 saturated heterocycles. The molecule has 110 valence electrons. The maximum atomic E-state index is 12.2. The van der Waals surface area contributed by atoms with Gasteiger partial charge in [-0.25, -0.2) is 0 Å². The Labute approximate surface area is 127 Å². The number of primary amides is 1. The van der Waals surface area contributed by atoms with Crippen molar-refractivity contribution in [1.82, 2.24) is 4.98 Å². The number of aromatic nitrogens is 1. The Bertz CT molecular complexity index is 852. The van der Waals surface area contributed by atoms with Crippen LogP contribution in [0.3, 0.4) is 0 Å². The number of anilines is 1. The third kappa shape index (κ3) is 2.69. The van der Waals surface area contributed by atoms with Gasteiger partial charge in [0.2, 0.25) is 5.91 Å². The summed E-state index contributed by atoms with van der Waals surface area (Å²) in [5.74, 6) is -0.763. The zero-order valence-electron chi connectivity index (χ0n) is 11.8. The predicted octanol–water partition coefficient (Wildman–Crippen LogP) is 2.45. The molecule has 5 nitrogen and oxygen atoms in total. The molecule has 2 aromatic carbocycles. The van der Waals surface area contributed by atoms with Crippen molar-refractivity contribution in [2.24, 2.45) is 5.73 Å². The molecule has 0 atom stereocenters. The first-order valence-corrected chi connectivity index (χ1v) is 6.89. The number of hydrogen-bond acceptors (Lipinski definition) is 2. The minimum atomic E-state index is -0.567. The average Bonchev–Trinajstić information content (AvgIpc) is 2.91. The maximum absolute atomic E-state index is 12.2. The molecule has 4 N–H and O–H groups in total. The van der Waals surface area contributed by atoms with Crippen LogP contribution in [0.1, 0.15) is 15.9 Å². The van der Waals surface area contributed by atoms with E-state index >= 15 is 0 Å². The molecule has 2 amide bonds. The van der Waals surface area contributed by atoms with Crippen molar-refractivity contribution in [2.75, 3.05) is 5.32 Å². The van der Waals surface area contributed by atoms with Crippen LogP contribution >= 0.6 is 0 Å². The molecule has 0 aliphatic rings. The number of rotatable bonds is 4. The van der Waals surface area contributed by atoms with Crippen molar-refractivity contribution in [3.8, 4) is 0 Å². The van der Waals surface area contributed by atoms with Gasteiger partial charge in [-0.1, -0.05) is 30.3 Å². The zero-order chi connectivity index (χ0) is 15.5. The van der Waals surface area contributed by atoms with E-state index in [0.717, 1.165) is 16.5 Å². The highest BCUT2D eigenvalue weighted by Crippen LogP contribution is 2.19. The topological polar surface area (TPSA) is 88.0 Å². The molecule has 3 rings (SSSR count). The SMILES string of the molecule is NC(=O)c1ccccc1NC(=O)Cc1c[nH]c2ccccc12. The van der Waals surface area contributed by atoms with E-state index in [0.29, 0.717) is 11.3 Å². The van der Waals surface area contributed by atoms with Crippen molar-refractivity contribution in [2.45, 2.75) is 6.42 Å². The number of nitrogens with two attached hydrogens (primary N) is 1. The van der Waals surface area contributed by atoms with Crippen molar-refractivity contribution in [3.63, 3.8) is 0 Å². The highest BCUT2D eigenvalue weighted by atomic mass is 16.2. The van der Waals surface area contributed by atoms with E-state index in [-0.39, 0.29) is 12.3 Å². The second-order valence-electron chi connectivity index (χ2n) is 4.99. The number of H-pyrrole nitrogens is 1. The summed E-state index contributed by atoms with van der Waals surface area (Å²) in [6.45, 7) is 0. The molecule has 1 aromatic heterocycles. The van der Waals surface area contributed by atoms with Gasteiger partial charge >= 0.3 is 0 Å². The van der Waals surface area contributed by atoms with Crippen LogP contribution < -0.4 is 11.1 Å². The predicted molar refractivity (Wildman–Crippen MR) is 85.6 cm³/mol. The van der Waals surface area contributed by atoms with Gasteiger partial charge in [0.05, 0.1) is 17.7 Å². The van der Waals surface area contributed by atoms with Gasteiger partial charge in [0, 0.05) is 17.1 Å². The lowest BCUT2D eigenvalue weighted by Gasteiger charge is -2.08. The minimum absolute atomic E-state index is 0.196. The Balaban J connectivity index is 1.80. The first-order valence-electron chi connectivity index (χ1n) is 6.89. The number of nitrogens with one attached hydrogen (secondary N) is 2. The molecule has 0 unspecified atom stereocenters. The molecule has 5 heteroatoms. The van der Waals surface area contributed by atoms with E-state index < -0.39 is 5.91 Å². The zero-order valence-corrected chi connectivity index (χ0v) is 11.8. The Hall–Kier alpha value is -3.08. The van der Waals surface area contributed by atoms with E-state index in [1.165, 1.54) is 0 Å². The van der Waals surface area contributed by atoms with Gasteiger partial charge in [-0.3, -0.25) is 9.59 Å². The number of aromatic amines is 1. The second kappa shape index (κ2) is 5.73. The Morgan fingerprint density at radius 1 is 1.05 bits per heavy atom. The van der Waals surface area contributed by atoms with E-state index in [9.17, 15) is 9.59 Å². The summed E-state index contributed by atoms with van der Waals surface area (Å²) in [5.41, 5.74) is 7.93. The second-order valence-corrected chi connectivity index (χ2v) is 4.99. The first-order chi connectivity index (χ1) is 10.6. The smallest absolute Gasteiger partial charge is 0.250 e. The lowest BCUT2D eigenvalue weighted by molar-refractivity contribution is -0.115. The molecule has 3 aromatic rings. The number of carbonyl (C=O) groups excluding carboxylic acids is 2. The molecule has 0 aliphatic heterocycles. The minimum Gasteiger partial charge on any atom is -0.366 e. The number of hydrogen-bond donors (Lipinski definition) is 3. The molecule has 0 fully saturated rings. The maximum Gasteiger partial charge on any atom is 0.250 e. The largest absolute Gasteiger partial charge is 0.366 e.